The number of aliphatic hydroxyl groups excluding tert-OH is 4. The molecule has 1 aliphatic rings. The third-order valence-corrected chi connectivity index (χ3v) is 10.5. The summed E-state index contributed by atoms with van der Waals surface area (Å²) in [6, 6.07) is 0. The molecule has 9 heteroatoms. The molecular formula is C42H80O9. The Balaban J connectivity index is 2.34. The van der Waals surface area contributed by atoms with Crippen molar-refractivity contribution >= 4 is 11.9 Å². The maximum atomic E-state index is 12.6. The molecule has 4 N–H and O–H groups in total. The van der Waals surface area contributed by atoms with E-state index < -0.39 is 43.0 Å². The zero-order valence-corrected chi connectivity index (χ0v) is 32.9. The minimum atomic E-state index is -1.49. The molecule has 1 aliphatic heterocycles. The predicted molar refractivity (Wildman–Crippen MR) is 204 cm³/mol. The molecule has 0 amide bonds. The van der Waals surface area contributed by atoms with Gasteiger partial charge >= 0.3 is 11.9 Å². The van der Waals surface area contributed by atoms with Crippen molar-refractivity contribution in [3.05, 3.63) is 0 Å². The summed E-state index contributed by atoms with van der Waals surface area (Å²) in [6.45, 7) is 3.95. The first-order chi connectivity index (χ1) is 24.8. The van der Waals surface area contributed by atoms with Gasteiger partial charge in [0.15, 0.2) is 0 Å². The van der Waals surface area contributed by atoms with E-state index in [1.54, 1.807) is 0 Å². The lowest BCUT2D eigenvalue weighted by atomic mass is 9.90. The quantitative estimate of drug-likeness (QED) is 0.0372. The molecular weight excluding hydrogens is 648 g/mol. The van der Waals surface area contributed by atoms with E-state index in [0.717, 1.165) is 38.5 Å². The molecule has 0 bridgehead atoms. The Bertz CT molecular complexity index is 761. The Kier molecular flexibility index (Phi) is 31.2. The molecule has 0 radical (unpaired) electrons. The first kappa shape index (κ1) is 47.8. The van der Waals surface area contributed by atoms with Gasteiger partial charge in [0.25, 0.3) is 0 Å². The molecule has 0 saturated carbocycles. The van der Waals surface area contributed by atoms with Crippen LogP contribution in [0.5, 0.6) is 0 Å². The molecule has 5 atom stereocenters. The molecule has 1 fully saturated rings. The largest absolute Gasteiger partial charge is 0.465 e. The van der Waals surface area contributed by atoms with Crippen molar-refractivity contribution in [2.24, 2.45) is 5.92 Å². The van der Waals surface area contributed by atoms with E-state index in [0.29, 0.717) is 12.8 Å². The highest BCUT2D eigenvalue weighted by Gasteiger charge is 2.44. The zero-order valence-electron chi connectivity index (χ0n) is 32.9. The number of carbonyl (C=O) groups is 2. The fourth-order valence-corrected chi connectivity index (χ4v) is 7.03. The van der Waals surface area contributed by atoms with Crippen molar-refractivity contribution in [1.82, 2.24) is 0 Å². The molecule has 0 spiro atoms. The molecule has 51 heavy (non-hydrogen) atoms. The van der Waals surface area contributed by atoms with E-state index in [4.69, 9.17) is 14.2 Å². The number of rotatable bonds is 35. The fourth-order valence-electron chi connectivity index (χ4n) is 7.03. The lowest BCUT2D eigenvalue weighted by Crippen LogP contribution is -2.59. The zero-order chi connectivity index (χ0) is 37.4. The van der Waals surface area contributed by atoms with Crippen LogP contribution in [0.1, 0.15) is 200 Å². The molecule has 302 valence electrons. The number of aliphatic hydroxyl groups is 4. The monoisotopic (exact) mass is 729 g/mol. The minimum Gasteiger partial charge on any atom is -0.465 e. The molecule has 0 aromatic carbocycles. The van der Waals surface area contributed by atoms with Gasteiger partial charge in [0.1, 0.15) is 24.4 Å². The lowest BCUT2D eigenvalue weighted by molar-refractivity contribution is -0.233. The smallest absolute Gasteiger partial charge is 0.305 e. The lowest BCUT2D eigenvalue weighted by Gasteiger charge is -2.41. The van der Waals surface area contributed by atoms with Crippen LogP contribution in [0.2, 0.25) is 0 Å². The van der Waals surface area contributed by atoms with Crippen molar-refractivity contribution in [2.75, 3.05) is 19.8 Å². The third kappa shape index (κ3) is 25.4. The summed E-state index contributed by atoms with van der Waals surface area (Å²) < 4.78 is 16.8. The highest BCUT2D eigenvalue weighted by Crippen LogP contribution is 2.26. The van der Waals surface area contributed by atoms with Gasteiger partial charge in [0.2, 0.25) is 0 Å². The maximum absolute atomic E-state index is 12.6. The first-order valence-electron chi connectivity index (χ1n) is 21.5. The second kappa shape index (κ2) is 33.3. The molecule has 0 aromatic rings. The molecule has 9 nitrogen and oxygen atoms in total. The Morgan fingerprint density at radius 2 is 0.804 bits per heavy atom. The Labute approximate surface area is 312 Å². The molecule has 1 saturated heterocycles. The van der Waals surface area contributed by atoms with E-state index in [1.807, 2.05) is 0 Å². The Hall–Kier alpha value is -1.26. The van der Waals surface area contributed by atoms with Gasteiger partial charge in [-0.1, -0.05) is 168 Å². The van der Waals surface area contributed by atoms with Crippen LogP contribution in [0.3, 0.4) is 0 Å². The van der Waals surface area contributed by atoms with Crippen LogP contribution >= 0.6 is 0 Å². The summed E-state index contributed by atoms with van der Waals surface area (Å²) in [4.78, 5) is 25.1. The fraction of sp³-hybridized carbons (Fsp3) is 0.952. The molecule has 0 aliphatic carbocycles. The topological polar surface area (TPSA) is 143 Å². The number of hydrogen-bond acceptors (Lipinski definition) is 9. The highest BCUT2D eigenvalue weighted by molar-refractivity contribution is 5.69. The highest BCUT2D eigenvalue weighted by atomic mass is 16.6. The average Bonchev–Trinajstić information content (AvgIpc) is 3.13. The number of esters is 2. The summed E-state index contributed by atoms with van der Waals surface area (Å²) in [5.41, 5.74) is 0. The van der Waals surface area contributed by atoms with Crippen LogP contribution in [0, 0.1) is 5.92 Å². The van der Waals surface area contributed by atoms with E-state index in [9.17, 15) is 30.0 Å². The SMILES string of the molecule is CCCCCCCCCCCCCCCC(=O)OCC(COC(=O)CCCCCCCCCCCCCCC)C[C@@H]1O[C@H](CO)[C@H](O)[C@H](O)[C@H]1O. The van der Waals surface area contributed by atoms with Crippen molar-refractivity contribution in [3.63, 3.8) is 0 Å². The number of ether oxygens (including phenoxy) is 3. The van der Waals surface area contributed by atoms with Gasteiger partial charge in [-0.3, -0.25) is 9.59 Å². The van der Waals surface area contributed by atoms with E-state index in [1.165, 1.54) is 128 Å². The summed E-state index contributed by atoms with van der Waals surface area (Å²) in [6.07, 6.45) is 26.4. The molecule has 0 aromatic heterocycles. The standard InChI is InChI=1S/C42H80O9/c1-3-5-7-9-11-13-15-17-19-21-23-25-27-29-38(44)49-33-35(31-36-40(46)42(48)41(47)37(32-43)51-36)34-50-39(45)30-28-26-24-22-20-18-16-14-12-10-8-6-4-2/h35-37,40-43,46-48H,3-34H2,1-2H3/t36-,37+,40-,41-,42+/m0/s1. The van der Waals surface area contributed by atoms with Crippen LogP contribution in [-0.2, 0) is 23.8 Å². The summed E-state index contributed by atoms with van der Waals surface area (Å²) in [5, 5.41) is 40.6. The van der Waals surface area contributed by atoms with Crippen molar-refractivity contribution in [1.29, 1.82) is 0 Å². The summed E-state index contributed by atoms with van der Waals surface area (Å²) >= 11 is 0. The van der Waals surface area contributed by atoms with Crippen LogP contribution in [0.4, 0.5) is 0 Å². The van der Waals surface area contributed by atoms with Gasteiger partial charge in [0, 0.05) is 18.8 Å². The minimum absolute atomic E-state index is 0.0156. The van der Waals surface area contributed by atoms with Gasteiger partial charge in [-0.2, -0.15) is 0 Å². The normalized spacial score (nSPS) is 20.6. The Morgan fingerprint density at radius 1 is 0.490 bits per heavy atom. The van der Waals surface area contributed by atoms with Crippen LogP contribution in [-0.4, -0.2) is 82.7 Å². The Morgan fingerprint density at radius 3 is 1.14 bits per heavy atom. The van der Waals surface area contributed by atoms with Gasteiger partial charge in [-0.25, -0.2) is 0 Å². The number of carbonyl (C=O) groups excluding carboxylic acids is 2. The van der Waals surface area contributed by atoms with Crippen LogP contribution in [0.25, 0.3) is 0 Å². The predicted octanol–water partition coefficient (Wildman–Crippen LogP) is 8.88. The van der Waals surface area contributed by atoms with Gasteiger partial charge in [-0.05, 0) is 19.3 Å². The summed E-state index contributed by atoms with van der Waals surface area (Å²) in [5.74, 6) is -1.09. The molecule has 1 rings (SSSR count). The number of unbranched alkanes of at least 4 members (excludes halogenated alkanes) is 24. The molecule has 1 heterocycles. The van der Waals surface area contributed by atoms with Gasteiger partial charge in [0.05, 0.1) is 25.9 Å². The van der Waals surface area contributed by atoms with Gasteiger partial charge < -0.3 is 34.6 Å². The van der Waals surface area contributed by atoms with Crippen molar-refractivity contribution in [2.45, 2.75) is 231 Å². The van der Waals surface area contributed by atoms with Crippen LogP contribution < -0.4 is 0 Å². The molecule has 0 unspecified atom stereocenters. The second-order valence-corrected chi connectivity index (χ2v) is 15.3. The van der Waals surface area contributed by atoms with E-state index in [-0.39, 0.29) is 31.6 Å². The first-order valence-corrected chi connectivity index (χ1v) is 21.5. The van der Waals surface area contributed by atoms with Crippen molar-refractivity contribution < 1.29 is 44.2 Å². The third-order valence-electron chi connectivity index (χ3n) is 10.5. The van der Waals surface area contributed by atoms with E-state index >= 15 is 0 Å². The van der Waals surface area contributed by atoms with Crippen molar-refractivity contribution in [3.8, 4) is 0 Å². The second-order valence-electron chi connectivity index (χ2n) is 15.3. The maximum Gasteiger partial charge on any atom is 0.305 e. The number of hydrogen-bond donors (Lipinski definition) is 4. The van der Waals surface area contributed by atoms with Crippen LogP contribution in [0.15, 0.2) is 0 Å². The van der Waals surface area contributed by atoms with Gasteiger partial charge in [-0.15, -0.1) is 0 Å². The summed E-state index contributed by atoms with van der Waals surface area (Å²) in [7, 11) is 0. The van der Waals surface area contributed by atoms with E-state index in [2.05, 4.69) is 13.8 Å². The average molecular weight is 729 g/mol.